The number of hydrogen-bond acceptors (Lipinski definition) is 5. The molecule has 0 aliphatic rings. The van der Waals surface area contributed by atoms with Gasteiger partial charge in [-0.25, -0.2) is 4.79 Å². The monoisotopic (exact) mass is 360 g/mol. The minimum Gasteiger partial charge on any atom is -0.464 e. The van der Waals surface area contributed by atoms with Crippen LogP contribution in [0.5, 0.6) is 0 Å². The number of carbonyl (C=O) groups excluding carboxylic acids is 3. The van der Waals surface area contributed by atoms with Crippen LogP contribution in [-0.4, -0.2) is 46.7 Å². The highest BCUT2D eigenvalue weighted by molar-refractivity contribution is 6.07. The van der Waals surface area contributed by atoms with Crippen molar-refractivity contribution >= 4 is 17.7 Å². The predicted molar refractivity (Wildman–Crippen MR) is 95.4 cm³/mol. The summed E-state index contributed by atoms with van der Waals surface area (Å²) in [5.74, 6) is -0.967. The smallest absolute Gasteiger partial charge is 0.354 e. The zero-order chi connectivity index (χ0) is 19.6. The van der Waals surface area contributed by atoms with Crippen LogP contribution < -0.4 is 0 Å². The average molecular weight is 360 g/mol. The number of esters is 1. The van der Waals surface area contributed by atoms with E-state index in [0.29, 0.717) is 16.8 Å². The van der Waals surface area contributed by atoms with Crippen molar-refractivity contribution in [2.75, 3.05) is 7.11 Å². The zero-order valence-electron chi connectivity index (χ0n) is 15.9. The lowest BCUT2D eigenvalue weighted by atomic mass is 9.99. The fourth-order valence-corrected chi connectivity index (χ4v) is 3.15. The van der Waals surface area contributed by atoms with Gasteiger partial charge in [-0.3, -0.25) is 9.59 Å². The molecule has 2 rings (SSSR count). The molecule has 0 saturated heterocycles. The molecule has 0 aliphatic heterocycles. The summed E-state index contributed by atoms with van der Waals surface area (Å²) in [5.41, 5.74) is 1.72. The van der Waals surface area contributed by atoms with E-state index in [1.165, 1.54) is 18.3 Å². The van der Waals surface area contributed by atoms with Gasteiger partial charge in [-0.15, -0.1) is 0 Å². The second kappa shape index (κ2) is 7.59. The van der Waals surface area contributed by atoms with Gasteiger partial charge in [0.25, 0.3) is 5.91 Å². The Labute approximate surface area is 152 Å². The van der Waals surface area contributed by atoms with Crippen molar-refractivity contribution < 1.29 is 23.5 Å². The lowest BCUT2D eigenvalue weighted by molar-refractivity contribution is 0.0540. The van der Waals surface area contributed by atoms with Gasteiger partial charge in [0.1, 0.15) is 5.69 Å². The highest BCUT2D eigenvalue weighted by atomic mass is 16.5. The minimum atomic E-state index is -0.730. The fraction of sp³-hybridized carbons (Fsp3) is 0.421. The molecule has 1 atom stereocenters. The van der Waals surface area contributed by atoms with Crippen molar-refractivity contribution in [2.24, 2.45) is 0 Å². The molecule has 0 fully saturated rings. The van der Waals surface area contributed by atoms with Crippen molar-refractivity contribution in [1.29, 1.82) is 0 Å². The van der Waals surface area contributed by atoms with Crippen molar-refractivity contribution in [3.05, 3.63) is 46.7 Å². The number of hydrogen-bond donors (Lipinski definition) is 1. The SMILES string of the molecule is COC(=O)c1[nH]c(C)c(C(=O)C(C)N(C(=O)c2ccco2)C(C)C)c1C. The van der Waals surface area contributed by atoms with E-state index in [1.807, 2.05) is 13.8 Å². The second-order valence-electron chi connectivity index (χ2n) is 6.44. The first-order valence-electron chi connectivity index (χ1n) is 8.38. The predicted octanol–water partition coefficient (Wildman–Crippen LogP) is 3.13. The lowest BCUT2D eigenvalue weighted by Crippen LogP contribution is -2.47. The maximum atomic E-state index is 13.1. The number of carbonyl (C=O) groups is 3. The molecule has 0 spiro atoms. The van der Waals surface area contributed by atoms with E-state index in [9.17, 15) is 14.4 Å². The molecule has 0 saturated carbocycles. The molecule has 7 nitrogen and oxygen atoms in total. The minimum absolute atomic E-state index is 0.177. The molecule has 0 aromatic carbocycles. The van der Waals surface area contributed by atoms with Crippen LogP contribution in [-0.2, 0) is 4.74 Å². The first-order valence-corrected chi connectivity index (χ1v) is 8.38. The van der Waals surface area contributed by atoms with Crippen LogP contribution in [0.2, 0.25) is 0 Å². The standard InChI is InChI=1S/C19H24N2O5/c1-10(2)21(18(23)14-8-7-9-26-14)13(5)17(22)15-11(3)16(19(24)25-6)20-12(15)4/h7-10,13,20H,1-6H3. The summed E-state index contributed by atoms with van der Waals surface area (Å²) in [6.07, 6.45) is 1.42. The summed E-state index contributed by atoms with van der Waals surface area (Å²) in [6, 6.07) is 2.25. The van der Waals surface area contributed by atoms with Gasteiger partial charge in [-0.2, -0.15) is 0 Å². The van der Waals surface area contributed by atoms with Crippen LogP contribution in [0.3, 0.4) is 0 Å². The summed E-state index contributed by atoms with van der Waals surface area (Å²) < 4.78 is 9.93. The fourth-order valence-electron chi connectivity index (χ4n) is 3.15. The maximum absolute atomic E-state index is 13.1. The number of furan rings is 1. The number of Topliss-reactive ketones (excluding diaryl/α,β-unsaturated/α-hetero) is 1. The van der Waals surface area contributed by atoms with Crippen LogP contribution in [0.4, 0.5) is 0 Å². The number of aromatic amines is 1. The second-order valence-corrected chi connectivity index (χ2v) is 6.44. The van der Waals surface area contributed by atoms with E-state index in [1.54, 1.807) is 32.9 Å². The van der Waals surface area contributed by atoms with Crippen molar-refractivity contribution in [3.8, 4) is 0 Å². The number of amides is 1. The third kappa shape index (κ3) is 3.42. The van der Waals surface area contributed by atoms with E-state index in [2.05, 4.69) is 4.98 Å². The first kappa shape index (κ1) is 19.5. The molecule has 1 N–H and O–H groups in total. The Morgan fingerprint density at radius 3 is 2.35 bits per heavy atom. The van der Waals surface area contributed by atoms with Crippen LogP contribution >= 0.6 is 0 Å². The lowest BCUT2D eigenvalue weighted by Gasteiger charge is -2.31. The Morgan fingerprint density at radius 2 is 1.85 bits per heavy atom. The normalized spacial score (nSPS) is 12.1. The van der Waals surface area contributed by atoms with Gasteiger partial charge in [-0.1, -0.05) is 0 Å². The molecule has 1 amide bonds. The highest BCUT2D eigenvalue weighted by Crippen LogP contribution is 2.23. The number of ether oxygens (including phenoxy) is 1. The molecule has 7 heteroatoms. The number of H-pyrrole nitrogens is 1. The van der Waals surface area contributed by atoms with E-state index >= 15 is 0 Å². The molecule has 2 heterocycles. The summed E-state index contributed by atoms with van der Waals surface area (Å²) >= 11 is 0. The largest absolute Gasteiger partial charge is 0.464 e. The molecular formula is C19H24N2O5. The van der Waals surface area contributed by atoms with E-state index in [4.69, 9.17) is 9.15 Å². The quantitative estimate of drug-likeness (QED) is 0.631. The van der Waals surface area contributed by atoms with Gasteiger partial charge in [0, 0.05) is 17.3 Å². The molecule has 0 radical (unpaired) electrons. The number of nitrogens with one attached hydrogen (secondary N) is 1. The average Bonchev–Trinajstić information content (AvgIpc) is 3.21. The Kier molecular flexibility index (Phi) is 5.69. The van der Waals surface area contributed by atoms with Gasteiger partial charge >= 0.3 is 5.97 Å². The number of ketones is 1. The molecule has 1 unspecified atom stereocenters. The van der Waals surface area contributed by atoms with Crippen molar-refractivity contribution in [2.45, 2.75) is 46.7 Å². The summed E-state index contributed by atoms with van der Waals surface area (Å²) in [4.78, 5) is 42.1. The number of rotatable bonds is 6. The van der Waals surface area contributed by atoms with Gasteiger partial charge in [0.05, 0.1) is 19.4 Å². The Balaban J connectivity index is 2.40. The van der Waals surface area contributed by atoms with Crippen LogP contribution in [0.25, 0.3) is 0 Å². The summed E-state index contributed by atoms with van der Waals surface area (Å²) in [7, 11) is 1.28. The third-order valence-corrected chi connectivity index (χ3v) is 4.39. The third-order valence-electron chi connectivity index (χ3n) is 4.39. The van der Waals surface area contributed by atoms with Crippen LogP contribution in [0, 0.1) is 13.8 Å². The molecule has 140 valence electrons. The summed E-state index contributed by atoms with van der Waals surface area (Å²) in [5, 5.41) is 0. The Hall–Kier alpha value is -2.83. The molecular weight excluding hydrogens is 336 g/mol. The number of aromatic nitrogens is 1. The van der Waals surface area contributed by atoms with Crippen LogP contribution in [0.15, 0.2) is 22.8 Å². The van der Waals surface area contributed by atoms with E-state index < -0.39 is 12.0 Å². The summed E-state index contributed by atoms with van der Waals surface area (Å²) in [6.45, 7) is 8.74. The Bertz CT molecular complexity index is 817. The van der Waals surface area contributed by atoms with Crippen molar-refractivity contribution in [3.63, 3.8) is 0 Å². The molecule has 26 heavy (non-hydrogen) atoms. The first-order chi connectivity index (χ1) is 12.2. The zero-order valence-corrected chi connectivity index (χ0v) is 15.9. The number of nitrogens with zero attached hydrogens (tertiary/aromatic N) is 1. The number of methoxy groups -OCH3 is 1. The number of aryl methyl sites for hydroxylation is 1. The van der Waals surface area contributed by atoms with Gasteiger partial charge in [0.15, 0.2) is 11.5 Å². The van der Waals surface area contributed by atoms with Gasteiger partial charge in [0.2, 0.25) is 0 Å². The van der Waals surface area contributed by atoms with Gasteiger partial charge in [-0.05, 0) is 52.3 Å². The highest BCUT2D eigenvalue weighted by Gasteiger charge is 2.33. The van der Waals surface area contributed by atoms with Crippen LogP contribution in [0.1, 0.15) is 63.4 Å². The van der Waals surface area contributed by atoms with E-state index in [-0.39, 0.29) is 29.2 Å². The van der Waals surface area contributed by atoms with Crippen molar-refractivity contribution in [1.82, 2.24) is 9.88 Å². The Morgan fingerprint density at radius 1 is 1.19 bits per heavy atom. The topological polar surface area (TPSA) is 92.6 Å². The van der Waals surface area contributed by atoms with E-state index in [0.717, 1.165) is 0 Å². The maximum Gasteiger partial charge on any atom is 0.354 e. The molecule has 2 aromatic rings. The molecule has 0 bridgehead atoms. The molecule has 0 aliphatic carbocycles. The molecule has 2 aromatic heterocycles. The van der Waals surface area contributed by atoms with Gasteiger partial charge < -0.3 is 19.0 Å².